The largest absolute Gasteiger partial charge is 0.376 e. The van der Waals surface area contributed by atoms with Gasteiger partial charge in [0.2, 0.25) is 5.91 Å². The van der Waals surface area contributed by atoms with Crippen LogP contribution in [0.5, 0.6) is 0 Å². The highest BCUT2D eigenvalue weighted by Crippen LogP contribution is 2.15. The Morgan fingerprint density at radius 3 is 2.31 bits per heavy atom. The topological polar surface area (TPSA) is 104 Å². The summed E-state index contributed by atoms with van der Waals surface area (Å²) in [6.07, 6.45) is 0. The van der Waals surface area contributed by atoms with Crippen LogP contribution in [-0.2, 0) is 14.6 Å². The molecule has 0 unspecified atom stereocenters. The average Bonchev–Trinajstić information content (AvgIpc) is 2.66. The maximum atomic E-state index is 12.0. The number of sulfone groups is 1. The number of nitrogens with one attached hydrogen (secondary N) is 3. The second-order valence-electron chi connectivity index (χ2n) is 5.49. The van der Waals surface area contributed by atoms with Gasteiger partial charge in [-0.25, -0.2) is 8.42 Å². The first kappa shape index (κ1) is 19.5. The number of amides is 2. The van der Waals surface area contributed by atoms with Crippen LogP contribution >= 0.6 is 0 Å². The van der Waals surface area contributed by atoms with E-state index < -0.39 is 9.84 Å². The molecule has 8 heteroatoms. The van der Waals surface area contributed by atoms with Crippen molar-refractivity contribution in [1.82, 2.24) is 5.32 Å². The zero-order valence-corrected chi connectivity index (χ0v) is 15.4. The Hall–Kier alpha value is -2.87. The van der Waals surface area contributed by atoms with Crippen molar-refractivity contribution in [2.24, 2.45) is 0 Å². The third kappa shape index (κ3) is 5.06. The molecule has 2 aromatic rings. The Morgan fingerprint density at radius 1 is 1.00 bits per heavy atom. The SMILES string of the molecule is CCS(=O)(=O)c1ccc(NCC(=O)Nc2cccc(C(=O)NC)c2)cc1. The van der Waals surface area contributed by atoms with Gasteiger partial charge in [0.1, 0.15) is 0 Å². The molecule has 0 saturated heterocycles. The lowest BCUT2D eigenvalue weighted by Crippen LogP contribution is -2.22. The van der Waals surface area contributed by atoms with Gasteiger partial charge in [-0.2, -0.15) is 0 Å². The quantitative estimate of drug-likeness (QED) is 0.685. The summed E-state index contributed by atoms with van der Waals surface area (Å²) in [4.78, 5) is 23.9. The van der Waals surface area contributed by atoms with Crippen molar-refractivity contribution in [3.8, 4) is 0 Å². The molecule has 3 N–H and O–H groups in total. The summed E-state index contributed by atoms with van der Waals surface area (Å²) in [5.41, 5.74) is 1.60. The molecule has 0 spiro atoms. The fourth-order valence-corrected chi connectivity index (χ4v) is 3.10. The van der Waals surface area contributed by atoms with Gasteiger partial charge in [-0.05, 0) is 42.5 Å². The molecule has 7 nitrogen and oxygen atoms in total. The van der Waals surface area contributed by atoms with Crippen LogP contribution < -0.4 is 16.0 Å². The number of anilines is 2. The van der Waals surface area contributed by atoms with Gasteiger partial charge in [0.25, 0.3) is 5.91 Å². The van der Waals surface area contributed by atoms with Crippen molar-refractivity contribution in [2.45, 2.75) is 11.8 Å². The van der Waals surface area contributed by atoms with Crippen molar-refractivity contribution >= 4 is 33.0 Å². The molecule has 0 aliphatic rings. The molecule has 0 radical (unpaired) electrons. The smallest absolute Gasteiger partial charge is 0.251 e. The van der Waals surface area contributed by atoms with Crippen molar-refractivity contribution in [1.29, 1.82) is 0 Å². The molecule has 0 aromatic heterocycles. The molecular weight excluding hydrogens is 354 g/mol. The highest BCUT2D eigenvalue weighted by Gasteiger charge is 2.11. The maximum Gasteiger partial charge on any atom is 0.251 e. The average molecular weight is 375 g/mol. The van der Waals surface area contributed by atoms with Gasteiger partial charge in [-0.3, -0.25) is 9.59 Å². The van der Waals surface area contributed by atoms with E-state index in [0.29, 0.717) is 16.9 Å². The number of carbonyl (C=O) groups is 2. The number of rotatable bonds is 7. The molecule has 0 aliphatic carbocycles. The summed E-state index contributed by atoms with van der Waals surface area (Å²) >= 11 is 0. The van der Waals surface area contributed by atoms with E-state index in [2.05, 4.69) is 16.0 Å². The van der Waals surface area contributed by atoms with Crippen LogP contribution in [0.4, 0.5) is 11.4 Å². The lowest BCUT2D eigenvalue weighted by Gasteiger charge is -2.09. The molecule has 0 saturated carbocycles. The van der Waals surface area contributed by atoms with E-state index in [1.807, 2.05) is 0 Å². The van der Waals surface area contributed by atoms with Crippen LogP contribution in [0.2, 0.25) is 0 Å². The maximum absolute atomic E-state index is 12.0. The summed E-state index contributed by atoms with van der Waals surface area (Å²) in [7, 11) is -1.70. The number of carbonyl (C=O) groups excluding carboxylic acids is 2. The Labute approximate surface area is 152 Å². The van der Waals surface area contributed by atoms with Crippen LogP contribution in [0.25, 0.3) is 0 Å². The lowest BCUT2D eigenvalue weighted by molar-refractivity contribution is -0.114. The molecule has 0 atom stereocenters. The van der Waals surface area contributed by atoms with E-state index in [1.54, 1.807) is 43.3 Å². The lowest BCUT2D eigenvalue weighted by atomic mass is 10.2. The van der Waals surface area contributed by atoms with Gasteiger partial charge in [0, 0.05) is 24.0 Å². The van der Waals surface area contributed by atoms with E-state index in [0.717, 1.165) is 0 Å². The molecule has 2 aromatic carbocycles. The summed E-state index contributed by atoms with van der Waals surface area (Å²) in [5, 5.41) is 8.14. The Balaban J connectivity index is 1.94. The number of hydrogen-bond donors (Lipinski definition) is 3. The van der Waals surface area contributed by atoms with Crippen LogP contribution in [0.1, 0.15) is 17.3 Å². The third-order valence-electron chi connectivity index (χ3n) is 3.68. The molecule has 138 valence electrons. The zero-order valence-electron chi connectivity index (χ0n) is 14.6. The zero-order chi connectivity index (χ0) is 19.2. The fourth-order valence-electron chi connectivity index (χ4n) is 2.22. The predicted molar refractivity (Wildman–Crippen MR) is 101 cm³/mol. The molecule has 0 aliphatic heterocycles. The molecule has 26 heavy (non-hydrogen) atoms. The second-order valence-corrected chi connectivity index (χ2v) is 7.77. The van der Waals surface area contributed by atoms with Crippen molar-refractivity contribution in [2.75, 3.05) is 30.0 Å². The first-order chi connectivity index (χ1) is 12.4. The van der Waals surface area contributed by atoms with Crippen molar-refractivity contribution < 1.29 is 18.0 Å². The highest BCUT2D eigenvalue weighted by molar-refractivity contribution is 7.91. The van der Waals surface area contributed by atoms with E-state index >= 15 is 0 Å². The Bertz CT molecular complexity index is 893. The minimum atomic E-state index is -3.24. The van der Waals surface area contributed by atoms with Crippen LogP contribution in [-0.4, -0.2) is 39.6 Å². The Morgan fingerprint density at radius 2 is 1.69 bits per heavy atom. The van der Waals surface area contributed by atoms with Crippen LogP contribution in [0, 0.1) is 0 Å². The summed E-state index contributed by atoms with van der Waals surface area (Å²) in [6.45, 7) is 1.59. The van der Waals surface area contributed by atoms with Crippen molar-refractivity contribution in [3.63, 3.8) is 0 Å². The van der Waals surface area contributed by atoms with E-state index in [9.17, 15) is 18.0 Å². The summed E-state index contributed by atoms with van der Waals surface area (Å²) < 4.78 is 23.5. The highest BCUT2D eigenvalue weighted by atomic mass is 32.2. The molecule has 2 rings (SSSR count). The van der Waals surface area contributed by atoms with E-state index in [-0.39, 0.29) is 29.0 Å². The normalized spacial score (nSPS) is 10.8. The Kier molecular flexibility index (Phi) is 6.35. The monoisotopic (exact) mass is 375 g/mol. The molecular formula is C18H21N3O4S. The van der Waals surface area contributed by atoms with Gasteiger partial charge in [0.05, 0.1) is 17.2 Å². The van der Waals surface area contributed by atoms with E-state index in [1.165, 1.54) is 19.2 Å². The molecule has 0 heterocycles. The van der Waals surface area contributed by atoms with Crippen LogP contribution in [0.15, 0.2) is 53.4 Å². The third-order valence-corrected chi connectivity index (χ3v) is 5.43. The predicted octanol–water partition coefficient (Wildman–Crippen LogP) is 1.89. The number of hydrogen-bond acceptors (Lipinski definition) is 5. The summed E-state index contributed by atoms with van der Waals surface area (Å²) in [6, 6.07) is 12.8. The van der Waals surface area contributed by atoms with Gasteiger partial charge < -0.3 is 16.0 Å². The van der Waals surface area contributed by atoms with Gasteiger partial charge in [0.15, 0.2) is 9.84 Å². The molecule has 2 amide bonds. The van der Waals surface area contributed by atoms with Gasteiger partial charge in [-0.1, -0.05) is 13.0 Å². The van der Waals surface area contributed by atoms with Gasteiger partial charge >= 0.3 is 0 Å². The minimum Gasteiger partial charge on any atom is -0.376 e. The van der Waals surface area contributed by atoms with E-state index in [4.69, 9.17) is 0 Å². The standard InChI is InChI=1S/C18H21N3O4S/c1-3-26(24,25)16-9-7-14(8-10-16)20-12-17(22)21-15-6-4-5-13(11-15)18(23)19-2/h4-11,20H,3,12H2,1-2H3,(H,19,23)(H,21,22). The number of benzene rings is 2. The van der Waals surface area contributed by atoms with Crippen LogP contribution in [0.3, 0.4) is 0 Å². The van der Waals surface area contributed by atoms with Crippen molar-refractivity contribution in [3.05, 3.63) is 54.1 Å². The fraction of sp³-hybridized carbons (Fsp3) is 0.222. The summed E-state index contributed by atoms with van der Waals surface area (Å²) in [5.74, 6) is -0.484. The molecule has 0 fully saturated rings. The minimum absolute atomic E-state index is 0.00404. The molecule has 0 bridgehead atoms. The first-order valence-electron chi connectivity index (χ1n) is 8.04. The van der Waals surface area contributed by atoms with Gasteiger partial charge in [-0.15, -0.1) is 0 Å². The second kappa shape index (κ2) is 8.48. The first-order valence-corrected chi connectivity index (χ1v) is 9.69.